The summed E-state index contributed by atoms with van der Waals surface area (Å²) in [5.41, 5.74) is 1.31. The first kappa shape index (κ1) is 12.4. The molecule has 1 aromatic heterocycles. The van der Waals surface area contributed by atoms with Crippen LogP contribution in [0.25, 0.3) is 0 Å². The molecule has 1 fully saturated rings. The van der Waals surface area contributed by atoms with Crippen molar-refractivity contribution in [3.63, 3.8) is 0 Å². The van der Waals surface area contributed by atoms with Crippen LogP contribution in [0.1, 0.15) is 12.0 Å². The Morgan fingerprint density at radius 3 is 2.87 bits per heavy atom. The third-order valence-corrected chi connectivity index (χ3v) is 2.67. The summed E-state index contributed by atoms with van der Waals surface area (Å²) >= 11 is 0. The quantitative estimate of drug-likeness (QED) is 0.812. The molecule has 1 aliphatic rings. The van der Waals surface area contributed by atoms with Gasteiger partial charge in [0.15, 0.2) is 0 Å². The summed E-state index contributed by atoms with van der Waals surface area (Å²) in [6.45, 7) is 4.43. The highest BCUT2D eigenvalue weighted by Crippen LogP contribution is 2.05. The first-order valence-electron chi connectivity index (χ1n) is 5.25. The molecule has 1 aliphatic heterocycles. The Bertz CT molecular complexity index is 260. The van der Waals surface area contributed by atoms with E-state index in [9.17, 15) is 0 Å². The number of rotatable bonds is 4. The van der Waals surface area contributed by atoms with Crippen LogP contribution in [0.2, 0.25) is 0 Å². The highest BCUT2D eigenvalue weighted by atomic mass is 35.5. The van der Waals surface area contributed by atoms with E-state index in [1.165, 1.54) is 25.1 Å². The Labute approximate surface area is 97.1 Å². The third-order valence-electron chi connectivity index (χ3n) is 2.67. The molecule has 2 heterocycles. The molecule has 0 aromatic carbocycles. The summed E-state index contributed by atoms with van der Waals surface area (Å²) in [6, 6.07) is 4.11. The minimum absolute atomic E-state index is 0. The lowest BCUT2D eigenvalue weighted by Crippen LogP contribution is -2.23. The van der Waals surface area contributed by atoms with Crippen LogP contribution in [0, 0.1) is 5.92 Å². The molecule has 1 unspecified atom stereocenters. The summed E-state index contributed by atoms with van der Waals surface area (Å²) < 4.78 is 0. The van der Waals surface area contributed by atoms with Gasteiger partial charge in [-0.2, -0.15) is 0 Å². The Morgan fingerprint density at radius 1 is 1.40 bits per heavy atom. The van der Waals surface area contributed by atoms with E-state index in [4.69, 9.17) is 0 Å². The van der Waals surface area contributed by atoms with Gasteiger partial charge in [0.2, 0.25) is 0 Å². The highest BCUT2D eigenvalue weighted by molar-refractivity contribution is 5.85. The number of halogens is 1. The van der Waals surface area contributed by atoms with Gasteiger partial charge in [0.1, 0.15) is 0 Å². The van der Waals surface area contributed by atoms with E-state index in [1.807, 2.05) is 12.4 Å². The summed E-state index contributed by atoms with van der Waals surface area (Å²) in [5, 5.41) is 6.85. The topological polar surface area (TPSA) is 37.0 Å². The van der Waals surface area contributed by atoms with Crippen molar-refractivity contribution < 1.29 is 0 Å². The van der Waals surface area contributed by atoms with Gasteiger partial charge >= 0.3 is 0 Å². The average molecular weight is 228 g/mol. The average Bonchev–Trinajstić information content (AvgIpc) is 2.72. The van der Waals surface area contributed by atoms with Crippen molar-refractivity contribution in [1.29, 1.82) is 0 Å². The number of nitrogens with zero attached hydrogens (tertiary/aromatic N) is 1. The Balaban J connectivity index is 0.00000112. The van der Waals surface area contributed by atoms with E-state index < -0.39 is 0 Å². The second kappa shape index (κ2) is 6.77. The van der Waals surface area contributed by atoms with Crippen molar-refractivity contribution in [1.82, 2.24) is 15.6 Å². The van der Waals surface area contributed by atoms with Crippen LogP contribution in [0.15, 0.2) is 24.5 Å². The van der Waals surface area contributed by atoms with Crippen LogP contribution in [-0.4, -0.2) is 24.6 Å². The van der Waals surface area contributed by atoms with Gasteiger partial charge in [-0.3, -0.25) is 4.98 Å². The van der Waals surface area contributed by atoms with Gasteiger partial charge in [-0.05, 0) is 49.7 Å². The summed E-state index contributed by atoms with van der Waals surface area (Å²) in [4.78, 5) is 3.99. The van der Waals surface area contributed by atoms with Crippen molar-refractivity contribution in [3.8, 4) is 0 Å². The lowest BCUT2D eigenvalue weighted by molar-refractivity contribution is 0.512. The van der Waals surface area contributed by atoms with Gasteiger partial charge < -0.3 is 10.6 Å². The van der Waals surface area contributed by atoms with Crippen molar-refractivity contribution in [2.24, 2.45) is 5.92 Å². The predicted molar refractivity (Wildman–Crippen MR) is 64.2 cm³/mol. The van der Waals surface area contributed by atoms with Crippen molar-refractivity contribution >= 4 is 12.4 Å². The molecule has 1 saturated heterocycles. The summed E-state index contributed by atoms with van der Waals surface area (Å²) in [7, 11) is 0. The molecule has 0 amide bonds. The standard InChI is InChI=1S/C11H17N3.ClH/c1-4-12-5-2-10(1)7-14-9-11-3-6-13-8-11;/h1-2,4-5,11,13-14H,3,6-9H2;1H. The Kier molecular flexibility index (Phi) is 5.61. The van der Waals surface area contributed by atoms with Crippen LogP contribution in [0.3, 0.4) is 0 Å². The van der Waals surface area contributed by atoms with E-state index in [0.29, 0.717) is 0 Å². The summed E-state index contributed by atoms with van der Waals surface area (Å²) in [6.07, 6.45) is 4.99. The zero-order valence-corrected chi connectivity index (χ0v) is 9.59. The second-order valence-corrected chi connectivity index (χ2v) is 3.85. The third kappa shape index (κ3) is 4.16. The number of hydrogen-bond acceptors (Lipinski definition) is 3. The monoisotopic (exact) mass is 227 g/mol. The fourth-order valence-electron chi connectivity index (χ4n) is 1.81. The van der Waals surface area contributed by atoms with Gasteiger partial charge in [-0.1, -0.05) is 0 Å². The smallest absolute Gasteiger partial charge is 0.0271 e. The van der Waals surface area contributed by atoms with Crippen molar-refractivity contribution in [2.75, 3.05) is 19.6 Å². The molecule has 1 atom stereocenters. The lowest BCUT2D eigenvalue weighted by atomic mass is 10.1. The van der Waals surface area contributed by atoms with Gasteiger partial charge in [-0.15, -0.1) is 12.4 Å². The van der Waals surface area contributed by atoms with Gasteiger partial charge in [0, 0.05) is 18.9 Å². The van der Waals surface area contributed by atoms with E-state index >= 15 is 0 Å². The Morgan fingerprint density at radius 2 is 2.20 bits per heavy atom. The molecule has 0 spiro atoms. The SMILES string of the molecule is Cl.c1cc(CNCC2CCNC2)ccn1. The molecule has 4 heteroatoms. The highest BCUT2D eigenvalue weighted by Gasteiger charge is 2.12. The van der Waals surface area contributed by atoms with Crippen LogP contribution in [-0.2, 0) is 6.54 Å². The normalized spacial score (nSPS) is 19.9. The lowest BCUT2D eigenvalue weighted by Gasteiger charge is -2.09. The molecule has 0 aliphatic carbocycles. The van der Waals surface area contributed by atoms with E-state index in [2.05, 4.69) is 27.8 Å². The first-order chi connectivity index (χ1) is 6.95. The fraction of sp³-hybridized carbons (Fsp3) is 0.545. The molecular formula is C11H18ClN3. The maximum absolute atomic E-state index is 3.99. The van der Waals surface area contributed by atoms with Crippen molar-refractivity contribution in [2.45, 2.75) is 13.0 Å². The predicted octanol–water partition coefficient (Wildman–Crippen LogP) is 1.20. The van der Waals surface area contributed by atoms with Crippen LogP contribution in [0.4, 0.5) is 0 Å². The van der Waals surface area contributed by atoms with Gasteiger partial charge in [0.05, 0.1) is 0 Å². The number of aromatic nitrogens is 1. The Hall–Kier alpha value is -0.640. The number of nitrogens with one attached hydrogen (secondary N) is 2. The minimum Gasteiger partial charge on any atom is -0.316 e. The first-order valence-corrected chi connectivity index (χ1v) is 5.25. The molecule has 0 bridgehead atoms. The fourth-order valence-corrected chi connectivity index (χ4v) is 1.81. The van der Waals surface area contributed by atoms with E-state index in [-0.39, 0.29) is 12.4 Å². The van der Waals surface area contributed by atoms with Crippen LogP contribution >= 0.6 is 12.4 Å². The molecule has 15 heavy (non-hydrogen) atoms. The van der Waals surface area contributed by atoms with Crippen LogP contribution < -0.4 is 10.6 Å². The number of hydrogen-bond donors (Lipinski definition) is 2. The van der Waals surface area contributed by atoms with Gasteiger partial charge in [-0.25, -0.2) is 0 Å². The zero-order valence-electron chi connectivity index (χ0n) is 8.78. The zero-order chi connectivity index (χ0) is 9.64. The van der Waals surface area contributed by atoms with Crippen molar-refractivity contribution in [3.05, 3.63) is 30.1 Å². The molecule has 3 nitrogen and oxygen atoms in total. The minimum atomic E-state index is 0. The van der Waals surface area contributed by atoms with E-state index in [1.54, 1.807) is 0 Å². The maximum Gasteiger partial charge on any atom is 0.0271 e. The molecule has 2 N–H and O–H groups in total. The van der Waals surface area contributed by atoms with E-state index in [0.717, 1.165) is 19.0 Å². The molecule has 0 saturated carbocycles. The van der Waals surface area contributed by atoms with Gasteiger partial charge in [0.25, 0.3) is 0 Å². The molecule has 2 rings (SSSR count). The maximum atomic E-state index is 3.99. The second-order valence-electron chi connectivity index (χ2n) is 3.85. The molecule has 1 aromatic rings. The van der Waals surface area contributed by atoms with Crippen LogP contribution in [0.5, 0.6) is 0 Å². The summed E-state index contributed by atoms with van der Waals surface area (Å²) in [5.74, 6) is 0.817. The molecule has 84 valence electrons. The number of pyridine rings is 1. The molecular weight excluding hydrogens is 210 g/mol. The largest absolute Gasteiger partial charge is 0.316 e. The molecule has 0 radical (unpaired) electrons.